The summed E-state index contributed by atoms with van der Waals surface area (Å²) in [4.78, 5) is 13.5. The molecule has 0 radical (unpaired) electrons. The molecule has 19 heavy (non-hydrogen) atoms. The van der Waals surface area contributed by atoms with Crippen LogP contribution in [0.4, 0.5) is 5.82 Å². The molecular formula is C15H12N4. The van der Waals surface area contributed by atoms with Crippen molar-refractivity contribution in [3.8, 4) is 0 Å². The molecule has 0 aliphatic rings. The second-order valence-electron chi connectivity index (χ2n) is 4.68. The van der Waals surface area contributed by atoms with Crippen LogP contribution in [0, 0.1) is 6.92 Å². The van der Waals surface area contributed by atoms with Crippen LogP contribution < -0.4 is 5.32 Å². The molecule has 2 heterocycles. The lowest BCUT2D eigenvalue weighted by molar-refractivity contribution is 1.12. The van der Waals surface area contributed by atoms with Crippen LogP contribution in [-0.2, 0) is 0 Å². The normalized spacial score (nSPS) is 11.7. The number of anilines is 1. The summed E-state index contributed by atoms with van der Waals surface area (Å²) in [5.74, 6) is 1.69. The molecule has 0 unspecified atom stereocenters. The molecule has 0 bridgehead atoms. The average molecular weight is 248 g/mol. The molecule has 0 fully saturated rings. The zero-order chi connectivity index (χ0) is 13.0. The van der Waals surface area contributed by atoms with E-state index in [4.69, 9.17) is 0 Å². The van der Waals surface area contributed by atoms with Gasteiger partial charge in [-0.25, -0.2) is 15.0 Å². The molecule has 0 saturated carbocycles. The van der Waals surface area contributed by atoms with Crippen molar-refractivity contribution in [1.82, 2.24) is 15.0 Å². The van der Waals surface area contributed by atoms with Crippen LogP contribution in [0.3, 0.4) is 0 Å². The van der Waals surface area contributed by atoms with Crippen LogP contribution in [0.5, 0.6) is 0 Å². The Balaban J connectivity index is 2.36. The van der Waals surface area contributed by atoms with Crippen LogP contribution in [0.2, 0.25) is 0 Å². The van der Waals surface area contributed by atoms with Crippen LogP contribution in [0.15, 0.2) is 30.5 Å². The van der Waals surface area contributed by atoms with Crippen molar-refractivity contribution in [3.05, 3.63) is 36.3 Å². The molecule has 1 N–H and O–H groups in total. The molecule has 0 aliphatic heterocycles. The number of hydrogen-bond donors (Lipinski definition) is 1. The van der Waals surface area contributed by atoms with Crippen molar-refractivity contribution in [3.63, 3.8) is 0 Å². The minimum Gasteiger partial charge on any atom is -0.373 e. The fourth-order valence-corrected chi connectivity index (χ4v) is 2.75. The summed E-state index contributed by atoms with van der Waals surface area (Å²) < 4.78 is 0. The first-order valence-corrected chi connectivity index (χ1v) is 6.24. The van der Waals surface area contributed by atoms with E-state index in [0.717, 1.165) is 38.8 Å². The number of rotatable bonds is 1. The van der Waals surface area contributed by atoms with Gasteiger partial charge < -0.3 is 5.32 Å². The van der Waals surface area contributed by atoms with E-state index < -0.39 is 0 Å². The molecule has 0 amide bonds. The van der Waals surface area contributed by atoms with E-state index in [0.29, 0.717) is 0 Å². The number of aryl methyl sites for hydroxylation is 1. The van der Waals surface area contributed by atoms with Crippen molar-refractivity contribution in [2.45, 2.75) is 6.92 Å². The van der Waals surface area contributed by atoms with Crippen LogP contribution in [0.1, 0.15) is 5.82 Å². The largest absolute Gasteiger partial charge is 0.373 e. The lowest BCUT2D eigenvalue weighted by Gasteiger charge is -2.12. The molecule has 4 nitrogen and oxygen atoms in total. The van der Waals surface area contributed by atoms with Crippen molar-refractivity contribution in [2.24, 2.45) is 0 Å². The molecule has 4 rings (SSSR count). The van der Waals surface area contributed by atoms with Crippen LogP contribution in [-0.4, -0.2) is 22.0 Å². The van der Waals surface area contributed by atoms with Gasteiger partial charge in [-0.3, -0.25) is 0 Å². The Labute approximate surface area is 109 Å². The van der Waals surface area contributed by atoms with Crippen LogP contribution in [0.25, 0.3) is 32.6 Å². The Morgan fingerprint density at radius 1 is 0.947 bits per heavy atom. The number of hydrogen-bond acceptors (Lipinski definition) is 4. The standard InChI is InChI=1S/C15H12N4/c1-8-18-11-5-3-9-7-17-15(16-2)10-4-6-12(19-8)14(11)13(9)10/h3-7H,1-2H3,(H,16,17). The van der Waals surface area contributed by atoms with Gasteiger partial charge in [0, 0.05) is 34.8 Å². The Bertz CT molecular complexity index is 895. The molecule has 0 spiro atoms. The predicted molar refractivity (Wildman–Crippen MR) is 77.8 cm³/mol. The van der Waals surface area contributed by atoms with Gasteiger partial charge in [0.2, 0.25) is 0 Å². The van der Waals surface area contributed by atoms with Crippen LogP contribution >= 0.6 is 0 Å². The van der Waals surface area contributed by atoms with Gasteiger partial charge in [-0.15, -0.1) is 0 Å². The van der Waals surface area contributed by atoms with E-state index in [2.05, 4.69) is 32.4 Å². The molecule has 2 aromatic heterocycles. The maximum atomic E-state index is 4.53. The van der Waals surface area contributed by atoms with Gasteiger partial charge in [-0.1, -0.05) is 6.07 Å². The van der Waals surface area contributed by atoms with Crippen molar-refractivity contribution in [1.29, 1.82) is 0 Å². The molecule has 0 aliphatic carbocycles. The Morgan fingerprint density at radius 2 is 1.68 bits per heavy atom. The van der Waals surface area contributed by atoms with E-state index in [9.17, 15) is 0 Å². The number of aromatic nitrogens is 3. The number of benzene rings is 2. The van der Waals surface area contributed by atoms with E-state index in [1.54, 1.807) is 0 Å². The molecule has 2 aromatic carbocycles. The van der Waals surface area contributed by atoms with Gasteiger partial charge in [0.25, 0.3) is 0 Å². The Hall–Kier alpha value is -2.49. The minimum atomic E-state index is 0.804. The highest BCUT2D eigenvalue weighted by molar-refractivity contribution is 6.23. The van der Waals surface area contributed by atoms with Gasteiger partial charge in [0.1, 0.15) is 11.6 Å². The lowest BCUT2D eigenvalue weighted by Crippen LogP contribution is -1.97. The topological polar surface area (TPSA) is 50.7 Å². The SMILES string of the molecule is CNc1ncc2ccc3nc(C)nc4ccc1c2c34. The lowest BCUT2D eigenvalue weighted by atomic mass is 10.0. The maximum Gasteiger partial charge on any atom is 0.133 e. The molecule has 4 heteroatoms. The smallest absolute Gasteiger partial charge is 0.133 e. The Kier molecular flexibility index (Phi) is 1.93. The van der Waals surface area contributed by atoms with E-state index in [1.807, 2.05) is 32.3 Å². The fourth-order valence-electron chi connectivity index (χ4n) is 2.75. The quantitative estimate of drug-likeness (QED) is 0.526. The van der Waals surface area contributed by atoms with Crippen molar-refractivity contribution in [2.75, 3.05) is 12.4 Å². The molecular weight excluding hydrogens is 236 g/mol. The third-order valence-corrected chi connectivity index (χ3v) is 3.54. The first kappa shape index (κ1) is 10.4. The first-order valence-electron chi connectivity index (χ1n) is 6.24. The third-order valence-electron chi connectivity index (χ3n) is 3.54. The van der Waals surface area contributed by atoms with Gasteiger partial charge in [-0.2, -0.15) is 0 Å². The predicted octanol–water partition coefficient (Wildman–Crippen LogP) is 3.12. The summed E-state index contributed by atoms with van der Waals surface area (Å²) in [6.45, 7) is 1.93. The summed E-state index contributed by atoms with van der Waals surface area (Å²) in [5, 5.41) is 7.70. The molecule has 0 atom stereocenters. The molecule has 92 valence electrons. The minimum absolute atomic E-state index is 0.804. The van der Waals surface area contributed by atoms with Gasteiger partial charge in [0.05, 0.1) is 11.0 Å². The van der Waals surface area contributed by atoms with Crippen molar-refractivity contribution >= 4 is 38.4 Å². The number of nitrogens with zero attached hydrogens (tertiary/aromatic N) is 3. The number of pyridine rings is 1. The second-order valence-corrected chi connectivity index (χ2v) is 4.68. The maximum absolute atomic E-state index is 4.53. The highest BCUT2D eigenvalue weighted by Gasteiger charge is 2.12. The summed E-state index contributed by atoms with van der Waals surface area (Å²) in [5.41, 5.74) is 1.99. The van der Waals surface area contributed by atoms with Crippen molar-refractivity contribution < 1.29 is 0 Å². The van der Waals surface area contributed by atoms with E-state index in [-0.39, 0.29) is 0 Å². The monoisotopic (exact) mass is 248 g/mol. The summed E-state index contributed by atoms with van der Waals surface area (Å²) in [6, 6.07) is 8.24. The van der Waals surface area contributed by atoms with Gasteiger partial charge >= 0.3 is 0 Å². The average Bonchev–Trinajstić information content (AvgIpc) is 2.43. The highest BCUT2D eigenvalue weighted by Crippen LogP contribution is 2.35. The third kappa shape index (κ3) is 1.31. The van der Waals surface area contributed by atoms with E-state index in [1.165, 1.54) is 5.39 Å². The molecule has 4 aromatic rings. The van der Waals surface area contributed by atoms with E-state index >= 15 is 0 Å². The summed E-state index contributed by atoms with van der Waals surface area (Å²) in [7, 11) is 1.89. The Morgan fingerprint density at radius 3 is 2.42 bits per heavy atom. The fraction of sp³-hybridized carbons (Fsp3) is 0.133. The zero-order valence-corrected chi connectivity index (χ0v) is 10.7. The number of nitrogens with one attached hydrogen (secondary N) is 1. The van der Waals surface area contributed by atoms with Gasteiger partial charge in [-0.05, 0) is 25.1 Å². The van der Waals surface area contributed by atoms with Gasteiger partial charge in [0.15, 0.2) is 0 Å². The summed E-state index contributed by atoms with van der Waals surface area (Å²) >= 11 is 0. The summed E-state index contributed by atoms with van der Waals surface area (Å²) in [6.07, 6.45) is 1.90. The zero-order valence-electron chi connectivity index (χ0n) is 10.7. The second kappa shape index (κ2) is 3.51. The first-order chi connectivity index (χ1) is 9.28. The highest BCUT2D eigenvalue weighted by atomic mass is 15.0. The molecule has 0 saturated heterocycles.